The van der Waals surface area contributed by atoms with Gasteiger partial charge in [0.05, 0.1) is 19.2 Å². The Labute approximate surface area is 204 Å². The Kier molecular flexibility index (Phi) is 7.38. The van der Waals surface area contributed by atoms with Gasteiger partial charge in [-0.15, -0.1) is 0 Å². The van der Waals surface area contributed by atoms with Crippen LogP contribution >= 0.6 is 11.6 Å². The molecule has 0 radical (unpaired) electrons. The molecule has 2 aromatic heterocycles. The molecule has 4 aromatic rings. The monoisotopic (exact) mass is 477 g/mol. The van der Waals surface area contributed by atoms with Crippen molar-refractivity contribution < 1.29 is 13.9 Å². The van der Waals surface area contributed by atoms with Gasteiger partial charge in [-0.25, -0.2) is 4.98 Å². The zero-order valence-electron chi connectivity index (χ0n) is 19.6. The number of nitrogens with one attached hydrogen (secondary N) is 1. The maximum absolute atomic E-state index is 12.6. The molecule has 0 atom stereocenters. The van der Waals surface area contributed by atoms with Crippen LogP contribution in [0, 0.1) is 6.92 Å². The van der Waals surface area contributed by atoms with Gasteiger partial charge in [0.25, 0.3) is 0 Å². The SMILES string of the molecule is CCOc1c(/C(C)=C/C(=O)NCCCn2ccnc2)cc2c(-c3ccc(Cl)cc3)coc2c1C. The number of aryl methyl sites for hydroxylation is 2. The lowest BCUT2D eigenvalue weighted by molar-refractivity contribution is -0.116. The van der Waals surface area contributed by atoms with Crippen LogP contribution < -0.4 is 10.1 Å². The Morgan fingerprint density at radius 2 is 2.09 bits per heavy atom. The van der Waals surface area contributed by atoms with Crippen LogP contribution in [0.1, 0.15) is 31.4 Å². The number of benzene rings is 2. The third kappa shape index (κ3) is 5.18. The maximum Gasteiger partial charge on any atom is 0.244 e. The number of halogens is 1. The molecule has 1 amide bonds. The van der Waals surface area contributed by atoms with Crippen molar-refractivity contribution in [1.82, 2.24) is 14.9 Å². The average molecular weight is 478 g/mol. The number of imidazole rings is 1. The van der Waals surface area contributed by atoms with Crippen molar-refractivity contribution in [2.75, 3.05) is 13.2 Å². The van der Waals surface area contributed by atoms with Gasteiger partial charge in [0.2, 0.25) is 5.91 Å². The number of aromatic nitrogens is 2. The molecule has 1 N–H and O–H groups in total. The van der Waals surface area contributed by atoms with E-state index >= 15 is 0 Å². The zero-order valence-corrected chi connectivity index (χ0v) is 20.4. The van der Waals surface area contributed by atoms with Crippen molar-refractivity contribution in [3.8, 4) is 16.9 Å². The lowest BCUT2D eigenvalue weighted by atomic mass is 9.96. The van der Waals surface area contributed by atoms with Crippen LogP contribution in [0.25, 0.3) is 27.7 Å². The van der Waals surface area contributed by atoms with Crippen LogP contribution in [-0.4, -0.2) is 28.6 Å². The van der Waals surface area contributed by atoms with E-state index in [1.54, 1.807) is 24.9 Å². The minimum Gasteiger partial charge on any atom is -0.493 e. The van der Waals surface area contributed by atoms with Crippen LogP contribution in [0.4, 0.5) is 0 Å². The molecule has 0 aliphatic carbocycles. The normalized spacial score (nSPS) is 11.7. The molecule has 7 heteroatoms. The van der Waals surface area contributed by atoms with E-state index in [2.05, 4.69) is 10.3 Å². The molecule has 0 aliphatic rings. The first kappa shape index (κ1) is 23.6. The summed E-state index contributed by atoms with van der Waals surface area (Å²) in [6.45, 7) is 7.76. The van der Waals surface area contributed by atoms with Gasteiger partial charge >= 0.3 is 0 Å². The molecule has 2 heterocycles. The molecular formula is C27H28ClN3O3. The van der Waals surface area contributed by atoms with E-state index in [-0.39, 0.29) is 5.91 Å². The number of fused-ring (bicyclic) bond motifs is 1. The summed E-state index contributed by atoms with van der Waals surface area (Å²) < 4.78 is 13.9. The predicted molar refractivity (Wildman–Crippen MR) is 136 cm³/mol. The first-order chi connectivity index (χ1) is 16.5. The summed E-state index contributed by atoms with van der Waals surface area (Å²) in [6.07, 6.45) is 9.64. The number of rotatable bonds is 9. The smallest absolute Gasteiger partial charge is 0.244 e. The van der Waals surface area contributed by atoms with Crippen molar-refractivity contribution >= 4 is 34.1 Å². The van der Waals surface area contributed by atoms with Crippen LogP contribution in [0.3, 0.4) is 0 Å². The molecule has 0 unspecified atom stereocenters. The van der Waals surface area contributed by atoms with Crippen molar-refractivity contribution in [2.45, 2.75) is 33.7 Å². The van der Waals surface area contributed by atoms with Gasteiger partial charge < -0.3 is 19.0 Å². The summed E-state index contributed by atoms with van der Waals surface area (Å²) in [4.78, 5) is 16.6. The molecule has 0 spiro atoms. The molecule has 34 heavy (non-hydrogen) atoms. The lowest BCUT2D eigenvalue weighted by Crippen LogP contribution is -2.23. The predicted octanol–water partition coefficient (Wildman–Crippen LogP) is 6.27. The van der Waals surface area contributed by atoms with Gasteiger partial charge in [-0.3, -0.25) is 4.79 Å². The van der Waals surface area contributed by atoms with E-state index in [1.165, 1.54) is 0 Å². The van der Waals surface area contributed by atoms with Crippen molar-refractivity contribution in [3.05, 3.63) is 77.5 Å². The first-order valence-electron chi connectivity index (χ1n) is 11.3. The number of hydrogen-bond donors (Lipinski definition) is 1. The quantitative estimate of drug-likeness (QED) is 0.228. The van der Waals surface area contributed by atoms with Crippen LogP contribution in [0.2, 0.25) is 5.02 Å². The molecule has 0 saturated carbocycles. The van der Waals surface area contributed by atoms with E-state index in [1.807, 2.05) is 61.9 Å². The number of carbonyl (C=O) groups is 1. The Morgan fingerprint density at radius 3 is 2.79 bits per heavy atom. The van der Waals surface area contributed by atoms with Gasteiger partial charge in [0.15, 0.2) is 0 Å². The fourth-order valence-corrected chi connectivity index (χ4v) is 4.14. The average Bonchev–Trinajstić information content (AvgIpc) is 3.49. The molecule has 6 nitrogen and oxygen atoms in total. The van der Waals surface area contributed by atoms with E-state index in [0.29, 0.717) is 18.2 Å². The largest absolute Gasteiger partial charge is 0.493 e. The maximum atomic E-state index is 12.6. The minimum atomic E-state index is -0.131. The van der Waals surface area contributed by atoms with Gasteiger partial charge in [-0.05, 0) is 56.5 Å². The summed E-state index contributed by atoms with van der Waals surface area (Å²) in [6, 6.07) is 9.70. The van der Waals surface area contributed by atoms with E-state index < -0.39 is 0 Å². The fourth-order valence-electron chi connectivity index (χ4n) is 4.01. The van der Waals surface area contributed by atoms with E-state index in [4.69, 9.17) is 20.8 Å². The summed E-state index contributed by atoms with van der Waals surface area (Å²) >= 11 is 6.07. The Bertz CT molecular complexity index is 1310. The Morgan fingerprint density at radius 1 is 1.29 bits per heavy atom. The van der Waals surface area contributed by atoms with Crippen molar-refractivity contribution in [1.29, 1.82) is 0 Å². The fraction of sp³-hybridized carbons (Fsp3) is 0.259. The topological polar surface area (TPSA) is 69.3 Å². The molecule has 0 fully saturated rings. The zero-order chi connectivity index (χ0) is 24.1. The van der Waals surface area contributed by atoms with E-state index in [0.717, 1.165) is 57.5 Å². The Hall–Kier alpha value is -3.51. The number of carbonyl (C=O) groups excluding carboxylic acids is 1. The highest BCUT2D eigenvalue weighted by atomic mass is 35.5. The molecule has 0 bridgehead atoms. The summed E-state index contributed by atoms with van der Waals surface area (Å²) in [7, 11) is 0. The number of hydrogen-bond acceptors (Lipinski definition) is 4. The summed E-state index contributed by atoms with van der Waals surface area (Å²) in [5.41, 5.74) is 5.35. The standard InChI is InChI=1S/C27H28ClN3O3/c1-4-33-26-19(3)27-23(24(16-34-27)20-6-8-21(28)9-7-20)15-22(26)18(2)14-25(32)30-10-5-12-31-13-11-29-17-31/h6-9,11,13-17H,4-5,10,12H2,1-3H3,(H,30,32)/b18-14+. The molecule has 176 valence electrons. The Balaban J connectivity index is 1.61. The molecule has 2 aromatic carbocycles. The number of allylic oxidation sites excluding steroid dienone is 1. The highest BCUT2D eigenvalue weighted by molar-refractivity contribution is 6.30. The minimum absolute atomic E-state index is 0.131. The van der Waals surface area contributed by atoms with Gasteiger partial charge in [0, 0.05) is 58.7 Å². The first-order valence-corrected chi connectivity index (χ1v) is 11.7. The number of furan rings is 1. The molecular weight excluding hydrogens is 450 g/mol. The number of ether oxygens (including phenoxy) is 1. The number of amides is 1. The van der Waals surface area contributed by atoms with Gasteiger partial charge in [-0.1, -0.05) is 23.7 Å². The lowest BCUT2D eigenvalue weighted by Gasteiger charge is -2.15. The summed E-state index contributed by atoms with van der Waals surface area (Å²) in [5.74, 6) is 0.599. The van der Waals surface area contributed by atoms with Crippen molar-refractivity contribution in [2.24, 2.45) is 0 Å². The van der Waals surface area contributed by atoms with E-state index in [9.17, 15) is 4.79 Å². The van der Waals surface area contributed by atoms with Gasteiger partial charge in [-0.2, -0.15) is 0 Å². The third-order valence-electron chi connectivity index (χ3n) is 5.71. The summed E-state index contributed by atoms with van der Waals surface area (Å²) in [5, 5.41) is 4.61. The molecule has 0 saturated heterocycles. The second-order valence-electron chi connectivity index (χ2n) is 8.12. The van der Waals surface area contributed by atoms with Crippen LogP contribution in [0.5, 0.6) is 5.75 Å². The molecule has 4 rings (SSSR count). The number of nitrogens with zero attached hydrogens (tertiary/aromatic N) is 2. The highest BCUT2D eigenvalue weighted by Crippen LogP contribution is 2.40. The highest BCUT2D eigenvalue weighted by Gasteiger charge is 2.19. The second-order valence-corrected chi connectivity index (χ2v) is 8.55. The van der Waals surface area contributed by atoms with Crippen LogP contribution in [-0.2, 0) is 11.3 Å². The van der Waals surface area contributed by atoms with Gasteiger partial charge in [0.1, 0.15) is 11.3 Å². The van der Waals surface area contributed by atoms with Crippen LogP contribution in [0.15, 0.2) is 65.8 Å². The second kappa shape index (κ2) is 10.6. The van der Waals surface area contributed by atoms with Crippen molar-refractivity contribution in [3.63, 3.8) is 0 Å². The third-order valence-corrected chi connectivity index (χ3v) is 5.96. The molecule has 0 aliphatic heterocycles.